The number of methoxy groups -OCH3 is 1. The summed E-state index contributed by atoms with van der Waals surface area (Å²) < 4.78 is 9.81. The molecular weight excluding hydrogens is 160 g/mol. The van der Waals surface area contributed by atoms with Crippen LogP contribution in [-0.4, -0.2) is 31.1 Å². The Morgan fingerprint density at radius 1 is 1.33 bits per heavy atom. The van der Waals surface area contributed by atoms with E-state index in [4.69, 9.17) is 9.47 Å². The molecule has 0 bridgehead atoms. The van der Waals surface area contributed by atoms with Crippen LogP contribution in [-0.2, 0) is 19.1 Å². The van der Waals surface area contributed by atoms with Crippen LogP contribution in [0.1, 0.15) is 20.8 Å². The van der Waals surface area contributed by atoms with Gasteiger partial charge in [0.05, 0.1) is 0 Å². The molecule has 0 rings (SSSR count). The SMILES string of the molecule is CO[C@](C)(OCC(C)=O)C(C)=O. The molecule has 0 aromatic carbocycles. The predicted octanol–water partition coefficient (Wildman–Crippen LogP) is 0.544. The van der Waals surface area contributed by atoms with Crippen LogP contribution in [0.25, 0.3) is 0 Å². The van der Waals surface area contributed by atoms with Crippen LogP contribution >= 0.6 is 0 Å². The Morgan fingerprint density at radius 2 is 1.83 bits per heavy atom. The first-order valence-electron chi connectivity index (χ1n) is 3.62. The molecule has 4 nitrogen and oxygen atoms in total. The number of hydrogen-bond donors (Lipinski definition) is 0. The monoisotopic (exact) mass is 174 g/mol. The number of ether oxygens (including phenoxy) is 2. The highest BCUT2D eigenvalue weighted by atomic mass is 16.7. The van der Waals surface area contributed by atoms with Crippen molar-refractivity contribution in [3.8, 4) is 0 Å². The minimum atomic E-state index is -1.29. The van der Waals surface area contributed by atoms with E-state index in [1.807, 2.05) is 0 Å². The molecule has 4 heteroatoms. The predicted molar refractivity (Wildman–Crippen MR) is 42.7 cm³/mol. The van der Waals surface area contributed by atoms with Crippen LogP contribution < -0.4 is 0 Å². The highest BCUT2D eigenvalue weighted by molar-refractivity contribution is 5.83. The highest BCUT2D eigenvalue weighted by Gasteiger charge is 2.30. The lowest BCUT2D eigenvalue weighted by molar-refractivity contribution is -0.207. The molecule has 70 valence electrons. The summed E-state index contributed by atoms with van der Waals surface area (Å²) in [6.07, 6.45) is 0. The summed E-state index contributed by atoms with van der Waals surface area (Å²) in [6.45, 7) is 4.11. The third-order valence-electron chi connectivity index (χ3n) is 1.58. The molecule has 1 atom stereocenters. The number of carbonyl (C=O) groups is 2. The van der Waals surface area contributed by atoms with Gasteiger partial charge in [-0.2, -0.15) is 0 Å². The summed E-state index contributed by atoms with van der Waals surface area (Å²) >= 11 is 0. The van der Waals surface area contributed by atoms with Gasteiger partial charge in [-0.25, -0.2) is 0 Å². The summed E-state index contributed by atoms with van der Waals surface area (Å²) in [7, 11) is 1.36. The number of hydrogen-bond acceptors (Lipinski definition) is 4. The first kappa shape index (κ1) is 11.3. The molecule has 0 fully saturated rings. The van der Waals surface area contributed by atoms with E-state index in [1.165, 1.54) is 27.9 Å². The zero-order valence-corrected chi connectivity index (χ0v) is 7.84. The van der Waals surface area contributed by atoms with Gasteiger partial charge in [0.25, 0.3) is 0 Å². The molecule has 0 radical (unpaired) electrons. The van der Waals surface area contributed by atoms with Crippen molar-refractivity contribution in [2.24, 2.45) is 0 Å². The minimum Gasteiger partial charge on any atom is -0.347 e. The van der Waals surface area contributed by atoms with E-state index >= 15 is 0 Å². The molecule has 0 aliphatic rings. The minimum absolute atomic E-state index is 0.107. The molecule has 0 spiro atoms. The van der Waals surface area contributed by atoms with Gasteiger partial charge in [-0.15, -0.1) is 0 Å². The smallest absolute Gasteiger partial charge is 0.225 e. The molecular formula is C8H14O4. The summed E-state index contributed by atoms with van der Waals surface area (Å²) in [5.41, 5.74) is 0. The van der Waals surface area contributed by atoms with E-state index in [0.717, 1.165) is 0 Å². The molecule has 0 heterocycles. The molecule has 0 aliphatic carbocycles. The van der Waals surface area contributed by atoms with Crippen LogP contribution in [0.15, 0.2) is 0 Å². The zero-order valence-electron chi connectivity index (χ0n) is 7.84. The second-order valence-corrected chi connectivity index (χ2v) is 2.70. The van der Waals surface area contributed by atoms with Gasteiger partial charge in [0, 0.05) is 14.0 Å². The molecule has 0 aromatic heterocycles. The largest absolute Gasteiger partial charge is 0.347 e. The number of carbonyl (C=O) groups excluding carboxylic acids is 2. The topological polar surface area (TPSA) is 52.6 Å². The van der Waals surface area contributed by atoms with Gasteiger partial charge in [0.1, 0.15) is 6.61 Å². The summed E-state index contributed by atoms with van der Waals surface area (Å²) in [5.74, 6) is -1.68. The number of ketones is 2. The van der Waals surface area contributed by atoms with Gasteiger partial charge in [-0.1, -0.05) is 0 Å². The van der Waals surface area contributed by atoms with Crippen LogP contribution in [0.3, 0.4) is 0 Å². The lowest BCUT2D eigenvalue weighted by Crippen LogP contribution is -2.40. The van der Waals surface area contributed by atoms with Gasteiger partial charge >= 0.3 is 0 Å². The maximum atomic E-state index is 10.9. The Balaban J connectivity index is 4.15. The molecule has 0 aromatic rings. The van der Waals surface area contributed by atoms with E-state index in [1.54, 1.807) is 0 Å². The highest BCUT2D eigenvalue weighted by Crippen LogP contribution is 2.11. The lowest BCUT2D eigenvalue weighted by Gasteiger charge is -2.24. The molecule has 0 unspecified atom stereocenters. The standard InChI is InChI=1S/C8H14O4/c1-6(9)5-12-8(3,11-4)7(2)10/h5H2,1-4H3/t8-/m1/s1. The summed E-state index contributed by atoms with van der Waals surface area (Å²) in [5, 5.41) is 0. The van der Waals surface area contributed by atoms with Crippen molar-refractivity contribution in [1.82, 2.24) is 0 Å². The summed E-state index contributed by atoms with van der Waals surface area (Å²) in [4.78, 5) is 21.5. The van der Waals surface area contributed by atoms with Crippen molar-refractivity contribution < 1.29 is 19.1 Å². The van der Waals surface area contributed by atoms with Crippen molar-refractivity contribution in [1.29, 1.82) is 0 Å². The Kier molecular flexibility index (Phi) is 4.06. The zero-order chi connectivity index (χ0) is 9.78. The van der Waals surface area contributed by atoms with Gasteiger partial charge < -0.3 is 9.47 Å². The van der Waals surface area contributed by atoms with Gasteiger partial charge in [-0.05, 0) is 13.8 Å². The van der Waals surface area contributed by atoms with Crippen molar-refractivity contribution in [3.63, 3.8) is 0 Å². The Labute approximate surface area is 71.8 Å². The fourth-order valence-corrected chi connectivity index (χ4v) is 0.544. The Bertz CT molecular complexity index is 187. The van der Waals surface area contributed by atoms with Crippen LogP contribution in [0.5, 0.6) is 0 Å². The third-order valence-corrected chi connectivity index (χ3v) is 1.58. The first-order chi connectivity index (χ1) is 5.42. The van der Waals surface area contributed by atoms with Crippen LogP contribution in [0, 0.1) is 0 Å². The van der Waals surface area contributed by atoms with E-state index in [-0.39, 0.29) is 18.2 Å². The van der Waals surface area contributed by atoms with Crippen molar-refractivity contribution in [2.75, 3.05) is 13.7 Å². The molecule has 0 saturated carbocycles. The van der Waals surface area contributed by atoms with Crippen molar-refractivity contribution in [2.45, 2.75) is 26.6 Å². The van der Waals surface area contributed by atoms with Crippen LogP contribution in [0.4, 0.5) is 0 Å². The summed E-state index contributed by atoms with van der Waals surface area (Å²) in [6, 6.07) is 0. The Morgan fingerprint density at radius 3 is 2.08 bits per heavy atom. The molecule has 0 N–H and O–H groups in total. The maximum Gasteiger partial charge on any atom is 0.225 e. The quantitative estimate of drug-likeness (QED) is 0.571. The first-order valence-corrected chi connectivity index (χ1v) is 3.62. The van der Waals surface area contributed by atoms with E-state index in [2.05, 4.69) is 0 Å². The van der Waals surface area contributed by atoms with Crippen molar-refractivity contribution >= 4 is 11.6 Å². The van der Waals surface area contributed by atoms with E-state index in [0.29, 0.717) is 0 Å². The third kappa shape index (κ3) is 3.11. The van der Waals surface area contributed by atoms with E-state index in [9.17, 15) is 9.59 Å². The van der Waals surface area contributed by atoms with Gasteiger partial charge in [0.15, 0.2) is 11.6 Å². The molecule has 0 aliphatic heterocycles. The van der Waals surface area contributed by atoms with E-state index < -0.39 is 5.79 Å². The van der Waals surface area contributed by atoms with Crippen LogP contribution in [0.2, 0.25) is 0 Å². The fraction of sp³-hybridized carbons (Fsp3) is 0.750. The second kappa shape index (κ2) is 4.33. The normalized spacial score (nSPS) is 15.3. The van der Waals surface area contributed by atoms with Gasteiger partial charge in [0.2, 0.25) is 5.79 Å². The molecule has 0 amide bonds. The number of rotatable bonds is 5. The Hall–Kier alpha value is -0.740. The average molecular weight is 174 g/mol. The number of Topliss-reactive ketones (excluding diaryl/α,β-unsaturated/α-hetero) is 2. The molecule has 12 heavy (non-hydrogen) atoms. The van der Waals surface area contributed by atoms with Crippen molar-refractivity contribution in [3.05, 3.63) is 0 Å². The molecule has 0 saturated heterocycles. The second-order valence-electron chi connectivity index (χ2n) is 2.70. The average Bonchev–Trinajstić information content (AvgIpc) is 1.99. The maximum absolute atomic E-state index is 10.9. The lowest BCUT2D eigenvalue weighted by atomic mass is 10.2. The van der Waals surface area contributed by atoms with Gasteiger partial charge in [-0.3, -0.25) is 9.59 Å². The fourth-order valence-electron chi connectivity index (χ4n) is 0.544.